The Bertz CT molecular complexity index is 546. The lowest BCUT2D eigenvalue weighted by molar-refractivity contribution is 0.594. The average Bonchev–Trinajstić information content (AvgIpc) is 3.13. The Morgan fingerprint density at radius 3 is 2.95 bits per heavy atom. The molecule has 1 aromatic heterocycles. The molecule has 0 spiro atoms. The highest BCUT2D eigenvalue weighted by molar-refractivity contribution is 6.31. The van der Waals surface area contributed by atoms with Gasteiger partial charge in [0.25, 0.3) is 0 Å². The van der Waals surface area contributed by atoms with Crippen molar-refractivity contribution in [3.05, 3.63) is 53.1 Å². The predicted octanol–water partition coefficient (Wildman–Crippen LogP) is 3.08. The molecule has 1 aliphatic carbocycles. The Morgan fingerprint density at radius 1 is 1.32 bits per heavy atom. The number of nitrogens with zero attached hydrogens (tertiary/aromatic N) is 2. The number of rotatable bonds is 6. The van der Waals surface area contributed by atoms with E-state index in [-0.39, 0.29) is 0 Å². The van der Waals surface area contributed by atoms with Gasteiger partial charge in [-0.2, -0.15) is 0 Å². The van der Waals surface area contributed by atoms with Gasteiger partial charge in [0, 0.05) is 17.4 Å². The molecule has 0 bridgehead atoms. The minimum absolute atomic E-state index is 0.778. The largest absolute Gasteiger partial charge is 0.329 e. The van der Waals surface area contributed by atoms with Crippen molar-refractivity contribution in [2.45, 2.75) is 25.9 Å². The third kappa shape index (κ3) is 3.37. The van der Waals surface area contributed by atoms with E-state index >= 15 is 0 Å². The van der Waals surface area contributed by atoms with E-state index < -0.39 is 0 Å². The zero-order valence-corrected chi connectivity index (χ0v) is 11.6. The van der Waals surface area contributed by atoms with Crippen molar-refractivity contribution in [2.75, 3.05) is 6.54 Å². The Kier molecular flexibility index (Phi) is 3.85. The third-order valence-electron chi connectivity index (χ3n) is 3.51. The molecule has 0 unspecified atom stereocenters. The van der Waals surface area contributed by atoms with E-state index in [0.717, 1.165) is 42.0 Å². The molecule has 1 N–H and O–H groups in total. The summed E-state index contributed by atoms with van der Waals surface area (Å²) in [6.07, 6.45) is 6.62. The molecule has 0 aliphatic heterocycles. The number of halogens is 1. The fourth-order valence-electron chi connectivity index (χ4n) is 2.17. The lowest BCUT2D eigenvalue weighted by Gasteiger charge is -2.10. The lowest BCUT2D eigenvalue weighted by atomic mass is 10.2. The number of imidazole rings is 1. The molecule has 0 saturated heterocycles. The first-order valence-corrected chi connectivity index (χ1v) is 7.15. The van der Waals surface area contributed by atoms with Gasteiger partial charge in [-0.1, -0.05) is 29.8 Å². The molecule has 0 radical (unpaired) electrons. The molecule has 1 aromatic carbocycles. The van der Waals surface area contributed by atoms with Crippen LogP contribution in [0.25, 0.3) is 0 Å². The van der Waals surface area contributed by atoms with Crippen LogP contribution in [0.2, 0.25) is 5.02 Å². The quantitative estimate of drug-likeness (QED) is 0.878. The molecule has 1 fully saturated rings. The van der Waals surface area contributed by atoms with Crippen LogP contribution < -0.4 is 5.32 Å². The maximum Gasteiger partial charge on any atom is 0.122 e. The van der Waals surface area contributed by atoms with Crippen LogP contribution in [0.3, 0.4) is 0 Å². The molecule has 100 valence electrons. The molecule has 0 atom stereocenters. The van der Waals surface area contributed by atoms with Crippen LogP contribution >= 0.6 is 11.6 Å². The van der Waals surface area contributed by atoms with E-state index in [4.69, 9.17) is 11.6 Å². The van der Waals surface area contributed by atoms with Crippen molar-refractivity contribution in [2.24, 2.45) is 5.92 Å². The van der Waals surface area contributed by atoms with Gasteiger partial charge in [-0.25, -0.2) is 4.98 Å². The molecular weight excluding hydrogens is 258 g/mol. The van der Waals surface area contributed by atoms with Crippen LogP contribution in [0.1, 0.15) is 24.2 Å². The van der Waals surface area contributed by atoms with Gasteiger partial charge in [0.05, 0.1) is 13.1 Å². The van der Waals surface area contributed by atoms with E-state index in [9.17, 15) is 0 Å². The molecule has 1 aliphatic rings. The zero-order valence-electron chi connectivity index (χ0n) is 10.8. The summed E-state index contributed by atoms with van der Waals surface area (Å²) in [7, 11) is 0. The average molecular weight is 276 g/mol. The SMILES string of the molecule is Clc1ccccc1Cn1ccnc1CNCC1CC1. The van der Waals surface area contributed by atoms with Crippen molar-refractivity contribution in [1.29, 1.82) is 0 Å². The summed E-state index contributed by atoms with van der Waals surface area (Å²) < 4.78 is 2.15. The number of benzene rings is 1. The van der Waals surface area contributed by atoms with Crippen LogP contribution in [-0.4, -0.2) is 16.1 Å². The van der Waals surface area contributed by atoms with E-state index in [1.165, 1.54) is 12.8 Å². The van der Waals surface area contributed by atoms with Gasteiger partial charge in [0.15, 0.2) is 0 Å². The molecule has 1 saturated carbocycles. The van der Waals surface area contributed by atoms with Crippen molar-refractivity contribution >= 4 is 11.6 Å². The van der Waals surface area contributed by atoms with Gasteiger partial charge in [-0.05, 0) is 36.9 Å². The zero-order chi connectivity index (χ0) is 13.1. The van der Waals surface area contributed by atoms with Gasteiger partial charge in [0.2, 0.25) is 0 Å². The first-order valence-electron chi connectivity index (χ1n) is 6.77. The van der Waals surface area contributed by atoms with Gasteiger partial charge in [-0.15, -0.1) is 0 Å². The molecule has 0 amide bonds. The number of aromatic nitrogens is 2. The highest BCUT2D eigenvalue weighted by Gasteiger charge is 2.20. The predicted molar refractivity (Wildman–Crippen MR) is 77.2 cm³/mol. The molecule has 3 nitrogen and oxygen atoms in total. The maximum atomic E-state index is 6.20. The summed E-state index contributed by atoms with van der Waals surface area (Å²) in [5.41, 5.74) is 1.13. The first-order chi connectivity index (χ1) is 9.33. The Labute approximate surface area is 118 Å². The summed E-state index contributed by atoms with van der Waals surface area (Å²) in [5, 5.41) is 4.29. The number of nitrogens with one attached hydrogen (secondary N) is 1. The van der Waals surface area contributed by atoms with Crippen LogP contribution in [0.15, 0.2) is 36.7 Å². The van der Waals surface area contributed by atoms with Crippen LogP contribution in [0.5, 0.6) is 0 Å². The molecule has 1 heterocycles. The molecule has 3 rings (SSSR count). The number of hydrogen-bond acceptors (Lipinski definition) is 2. The van der Waals surface area contributed by atoms with E-state index in [0.29, 0.717) is 0 Å². The highest BCUT2D eigenvalue weighted by Crippen LogP contribution is 2.27. The molecule has 4 heteroatoms. The van der Waals surface area contributed by atoms with E-state index in [1.807, 2.05) is 30.6 Å². The smallest absolute Gasteiger partial charge is 0.122 e. The standard InChI is InChI=1S/C15H18ClN3/c16-14-4-2-1-3-13(14)11-19-8-7-18-15(19)10-17-9-12-5-6-12/h1-4,7-8,12,17H,5-6,9-11H2. The van der Waals surface area contributed by atoms with Crippen molar-refractivity contribution in [3.63, 3.8) is 0 Å². The Balaban J connectivity index is 1.64. The third-order valence-corrected chi connectivity index (χ3v) is 3.88. The highest BCUT2D eigenvalue weighted by atomic mass is 35.5. The fourth-order valence-corrected chi connectivity index (χ4v) is 2.37. The van der Waals surface area contributed by atoms with Crippen LogP contribution in [0.4, 0.5) is 0 Å². The normalized spacial score (nSPS) is 14.8. The number of hydrogen-bond donors (Lipinski definition) is 1. The van der Waals surface area contributed by atoms with Crippen molar-refractivity contribution in [1.82, 2.24) is 14.9 Å². The topological polar surface area (TPSA) is 29.9 Å². The summed E-state index contributed by atoms with van der Waals surface area (Å²) in [6, 6.07) is 7.96. The first kappa shape index (κ1) is 12.7. The van der Waals surface area contributed by atoms with E-state index in [2.05, 4.69) is 20.9 Å². The van der Waals surface area contributed by atoms with Crippen LogP contribution in [0, 0.1) is 5.92 Å². The summed E-state index contributed by atoms with van der Waals surface area (Å²) >= 11 is 6.20. The van der Waals surface area contributed by atoms with Crippen LogP contribution in [-0.2, 0) is 13.1 Å². The lowest BCUT2D eigenvalue weighted by Crippen LogP contribution is -2.19. The van der Waals surface area contributed by atoms with Gasteiger partial charge < -0.3 is 9.88 Å². The Hall–Kier alpha value is -1.32. The maximum absolute atomic E-state index is 6.20. The molecule has 19 heavy (non-hydrogen) atoms. The molecular formula is C15H18ClN3. The summed E-state index contributed by atoms with van der Waals surface area (Å²) in [6.45, 7) is 2.72. The van der Waals surface area contributed by atoms with E-state index in [1.54, 1.807) is 0 Å². The summed E-state index contributed by atoms with van der Waals surface area (Å²) in [4.78, 5) is 4.42. The van der Waals surface area contributed by atoms with Gasteiger partial charge in [-0.3, -0.25) is 0 Å². The summed E-state index contributed by atoms with van der Waals surface area (Å²) in [5.74, 6) is 1.97. The van der Waals surface area contributed by atoms with Crippen molar-refractivity contribution in [3.8, 4) is 0 Å². The van der Waals surface area contributed by atoms with Crippen molar-refractivity contribution < 1.29 is 0 Å². The second-order valence-corrected chi connectivity index (χ2v) is 5.54. The van der Waals surface area contributed by atoms with Gasteiger partial charge >= 0.3 is 0 Å². The minimum atomic E-state index is 0.778. The minimum Gasteiger partial charge on any atom is -0.329 e. The van der Waals surface area contributed by atoms with Gasteiger partial charge in [0.1, 0.15) is 5.82 Å². The molecule has 2 aromatic rings. The Morgan fingerprint density at radius 2 is 2.16 bits per heavy atom. The second-order valence-electron chi connectivity index (χ2n) is 5.14. The fraction of sp³-hybridized carbons (Fsp3) is 0.400. The monoisotopic (exact) mass is 275 g/mol. The second kappa shape index (κ2) is 5.76.